The lowest BCUT2D eigenvalue weighted by molar-refractivity contribution is 0.157. The molecule has 2 aliphatic rings. The summed E-state index contributed by atoms with van der Waals surface area (Å²) in [5, 5.41) is 19.0. The average Bonchev–Trinajstić information content (AvgIpc) is 2.92. The number of hydrogen-bond acceptors (Lipinski definition) is 6. The van der Waals surface area contributed by atoms with E-state index in [1.807, 2.05) is 13.8 Å². The first-order chi connectivity index (χ1) is 10.9. The van der Waals surface area contributed by atoms with Crippen LogP contribution in [0.1, 0.15) is 30.5 Å². The second-order valence-electron chi connectivity index (χ2n) is 6.31. The first kappa shape index (κ1) is 15.1. The maximum absolute atomic E-state index is 9.81. The minimum absolute atomic E-state index is 0.0550. The van der Waals surface area contributed by atoms with E-state index in [-0.39, 0.29) is 11.7 Å². The van der Waals surface area contributed by atoms with Gasteiger partial charge in [-0.1, -0.05) is 43.2 Å². The number of nitrogens with one attached hydrogen (secondary N) is 1. The molecule has 23 heavy (non-hydrogen) atoms. The average molecular weight is 308 g/mol. The number of hydrogen-bond donors (Lipinski definition) is 2. The normalized spacial score (nSPS) is 22.8. The molecule has 6 heteroatoms. The van der Waals surface area contributed by atoms with Crippen molar-refractivity contribution < 1.29 is 0 Å². The lowest BCUT2D eigenvalue weighted by atomic mass is 9.72. The molecule has 1 aromatic carbocycles. The van der Waals surface area contributed by atoms with Crippen molar-refractivity contribution in [2.45, 2.75) is 33.2 Å². The molecule has 6 nitrogen and oxygen atoms in total. The number of nitrogens with two attached hydrogens (primary N) is 1. The molecule has 2 aliphatic heterocycles. The van der Waals surface area contributed by atoms with Crippen LogP contribution in [-0.2, 0) is 5.54 Å². The molecule has 0 saturated carbocycles. The predicted molar refractivity (Wildman–Crippen MR) is 90.2 cm³/mol. The molecule has 0 aromatic heterocycles. The zero-order valence-corrected chi connectivity index (χ0v) is 13.8. The number of nitriles is 1. The van der Waals surface area contributed by atoms with Gasteiger partial charge in [-0.25, -0.2) is 5.01 Å². The molecule has 118 valence electrons. The van der Waals surface area contributed by atoms with E-state index in [2.05, 4.69) is 53.5 Å². The fourth-order valence-electron chi connectivity index (χ4n) is 3.54. The Labute approximate surface area is 136 Å². The maximum atomic E-state index is 9.81. The highest BCUT2D eigenvalue weighted by atomic mass is 15.6. The SMILES string of the molecule is Cc1cc(C)cc(C2(C(C)C)C(C#N)=C(N)N=C3NC=NN32)c1. The Balaban J connectivity index is 2.38. The molecule has 2 heterocycles. The second kappa shape index (κ2) is 5.13. The highest BCUT2D eigenvalue weighted by Gasteiger charge is 2.52. The van der Waals surface area contributed by atoms with Gasteiger partial charge in [0.05, 0.1) is 0 Å². The van der Waals surface area contributed by atoms with Gasteiger partial charge in [-0.05, 0) is 25.3 Å². The summed E-state index contributed by atoms with van der Waals surface area (Å²) >= 11 is 0. The van der Waals surface area contributed by atoms with E-state index in [1.165, 1.54) is 0 Å². The number of guanidine groups is 1. The van der Waals surface area contributed by atoms with Gasteiger partial charge in [0.1, 0.15) is 29.3 Å². The van der Waals surface area contributed by atoms with Crippen LogP contribution < -0.4 is 11.1 Å². The van der Waals surface area contributed by atoms with E-state index in [4.69, 9.17) is 5.73 Å². The van der Waals surface area contributed by atoms with Crippen molar-refractivity contribution in [3.8, 4) is 6.07 Å². The number of nitrogens with zero attached hydrogens (tertiary/aromatic N) is 4. The van der Waals surface area contributed by atoms with Gasteiger partial charge < -0.3 is 11.1 Å². The van der Waals surface area contributed by atoms with Gasteiger partial charge in [-0.2, -0.15) is 15.4 Å². The van der Waals surface area contributed by atoms with Crippen LogP contribution in [-0.4, -0.2) is 17.3 Å². The molecular weight excluding hydrogens is 288 g/mol. The molecule has 0 aliphatic carbocycles. The van der Waals surface area contributed by atoms with Crippen LogP contribution in [0.5, 0.6) is 0 Å². The Kier molecular flexibility index (Phi) is 3.37. The number of aliphatic imine (C=N–C) groups is 1. The highest BCUT2D eigenvalue weighted by molar-refractivity contribution is 5.96. The summed E-state index contributed by atoms with van der Waals surface area (Å²) in [5.74, 6) is 0.846. The zero-order valence-electron chi connectivity index (χ0n) is 13.8. The molecule has 3 N–H and O–H groups in total. The van der Waals surface area contributed by atoms with Crippen molar-refractivity contribution in [1.29, 1.82) is 5.26 Å². The molecule has 1 aromatic rings. The summed E-state index contributed by atoms with van der Waals surface area (Å²) in [6, 6.07) is 8.57. The molecule has 0 radical (unpaired) electrons. The zero-order chi connectivity index (χ0) is 16.8. The summed E-state index contributed by atoms with van der Waals surface area (Å²) in [7, 11) is 0. The first-order valence-electron chi connectivity index (χ1n) is 7.58. The Morgan fingerprint density at radius 1 is 1.26 bits per heavy atom. The lowest BCUT2D eigenvalue weighted by Gasteiger charge is -2.45. The van der Waals surface area contributed by atoms with Crippen molar-refractivity contribution in [3.63, 3.8) is 0 Å². The molecule has 3 rings (SSSR count). The molecule has 0 fully saturated rings. The summed E-state index contributed by atoms with van der Waals surface area (Å²) in [5.41, 5.74) is 9.05. The fourth-order valence-corrected chi connectivity index (χ4v) is 3.54. The maximum Gasteiger partial charge on any atom is 0.228 e. The third kappa shape index (κ3) is 2.00. The van der Waals surface area contributed by atoms with E-state index in [0.717, 1.165) is 16.7 Å². The van der Waals surface area contributed by atoms with Gasteiger partial charge in [0, 0.05) is 0 Å². The van der Waals surface area contributed by atoms with Crippen LogP contribution in [0.2, 0.25) is 0 Å². The molecule has 1 atom stereocenters. The van der Waals surface area contributed by atoms with Crippen molar-refractivity contribution in [1.82, 2.24) is 10.3 Å². The highest BCUT2D eigenvalue weighted by Crippen LogP contribution is 2.46. The van der Waals surface area contributed by atoms with Crippen LogP contribution in [0.3, 0.4) is 0 Å². The Morgan fingerprint density at radius 3 is 2.48 bits per heavy atom. The van der Waals surface area contributed by atoms with E-state index < -0.39 is 5.54 Å². The van der Waals surface area contributed by atoms with Crippen LogP contribution in [0, 0.1) is 31.1 Å². The number of fused-ring (bicyclic) bond motifs is 1. The van der Waals surface area contributed by atoms with Crippen molar-refractivity contribution in [2.24, 2.45) is 21.7 Å². The smallest absolute Gasteiger partial charge is 0.228 e. The summed E-state index contributed by atoms with van der Waals surface area (Å²) in [6.45, 7) is 8.23. The molecular formula is C17H20N6. The van der Waals surface area contributed by atoms with Crippen molar-refractivity contribution in [3.05, 3.63) is 46.3 Å². The van der Waals surface area contributed by atoms with E-state index in [9.17, 15) is 5.26 Å². The van der Waals surface area contributed by atoms with Crippen molar-refractivity contribution in [2.75, 3.05) is 0 Å². The van der Waals surface area contributed by atoms with E-state index in [0.29, 0.717) is 11.5 Å². The van der Waals surface area contributed by atoms with Gasteiger partial charge >= 0.3 is 0 Å². The predicted octanol–water partition coefficient (Wildman–Crippen LogP) is 2.07. The minimum Gasteiger partial charge on any atom is -0.383 e. The molecule has 0 spiro atoms. The molecule has 1 unspecified atom stereocenters. The Morgan fingerprint density at radius 2 is 1.91 bits per heavy atom. The second-order valence-corrected chi connectivity index (χ2v) is 6.31. The Bertz CT molecular complexity index is 776. The van der Waals surface area contributed by atoms with E-state index >= 15 is 0 Å². The lowest BCUT2D eigenvalue weighted by Crippen LogP contribution is -2.54. The first-order valence-corrected chi connectivity index (χ1v) is 7.58. The summed E-state index contributed by atoms with van der Waals surface area (Å²) in [6.07, 6.45) is 1.58. The largest absolute Gasteiger partial charge is 0.383 e. The van der Waals surface area contributed by atoms with Crippen LogP contribution in [0.25, 0.3) is 0 Å². The van der Waals surface area contributed by atoms with Crippen LogP contribution >= 0.6 is 0 Å². The topological polar surface area (TPSA) is 89.8 Å². The molecule has 0 bridgehead atoms. The van der Waals surface area contributed by atoms with Gasteiger partial charge in [0.25, 0.3) is 0 Å². The van der Waals surface area contributed by atoms with E-state index in [1.54, 1.807) is 11.3 Å². The number of aryl methyl sites for hydroxylation is 2. The minimum atomic E-state index is -0.771. The summed E-state index contributed by atoms with van der Waals surface area (Å²) < 4.78 is 0. The van der Waals surface area contributed by atoms with Crippen LogP contribution in [0.4, 0.5) is 0 Å². The monoisotopic (exact) mass is 308 g/mol. The van der Waals surface area contributed by atoms with Crippen LogP contribution in [0.15, 0.2) is 39.7 Å². The van der Waals surface area contributed by atoms with Gasteiger partial charge in [0.15, 0.2) is 0 Å². The standard InChI is InChI=1S/C17H20N6/c1-10(2)17(13-6-11(3)5-12(4)7-13)14(8-18)15(19)22-16-20-9-21-23(16)17/h5-7,9-10H,19H2,1-4H3,(H,20,21,22). The van der Waals surface area contributed by atoms with Gasteiger partial charge in [0.2, 0.25) is 5.96 Å². The number of hydrazone groups is 1. The fraction of sp³-hybridized carbons (Fsp3) is 0.353. The summed E-state index contributed by atoms with van der Waals surface area (Å²) in [4.78, 5) is 4.29. The Hall–Kier alpha value is -2.81. The quantitative estimate of drug-likeness (QED) is 0.875. The molecule has 0 amide bonds. The number of rotatable bonds is 2. The third-order valence-corrected chi connectivity index (χ3v) is 4.37. The van der Waals surface area contributed by atoms with Crippen molar-refractivity contribution >= 4 is 12.3 Å². The number of benzene rings is 1. The third-order valence-electron chi connectivity index (χ3n) is 4.37. The van der Waals surface area contributed by atoms with Gasteiger partial charge in [-0.3, -0.25) is 0 Å². The molecule has 0 saturated heterocycles. The van der Waals surface area contributed by atoms with Gasteiger partial charge in [-0.15, -0.1) is 0 Å².